The second-order valence-corrected chi connectivity index (χ2v) is 5.84. The Bertz CT molecular complexity index is 187. The SMILES string of the molecule is CC1CCC(NC2CC(C)N(C)C2)CC1. The van der Waals surface area contributed by atoms with Gasteiger partial charge in [0.05, 0.1) is 0 Å². The van der Waals surface area contributed by atoms with E-state index >= 15 is 0 Å². The Morgan fingerprint density at radius 3 is 2.20 bits per heavy atom. The number of hydrogen-bond acceptors (Lipinski definition) is 2. The lowest BCUT2D eigenvalue weighted by atomic mass is 9.87. The van der Waals surface area contributed by atoms with E-state index < -0.39 is 0 Å². The molecular weight excluding hydrogens is 184 g/mol. The molecule has 88 valence electrons. The first-order chi connectivity index (χ1) is 7.15. The second-order valence-electron chi connectivity index (χ2n) is 5.84. The third-order valence-electron chi connectivity index (χ3n) is 4.37. The number of nitrogens with zero attached hydrogens (tertiary/aromatic N) is 1. The normalized spacial score (nSPS) is 43.4. The minimum absolute atomic E-state index is 0.753. The summed E-state index contributed by atoms with van der Waals surface area (Å²) in [4.78, 5) is 2.48. The van der Waals surface area contributed by atoms with E-state index in [0.29, 0.717) is 0 Å². The third-order valence-corrected chi connectivity index (χ3v) is 4.37. The van der Waals surface area contributed by atoms with Crippen LogP contribution in [0.2, 0.25) is 0 Å². The molecule has 1 N–H and O–H groups in total. The van der Waals surface area contributed by atoms with Crippen molar-refractivity contribution < 1.29 is 0 Å². The quantitative estimate of drug-likeness (QED) is 0.752. The Morgan fingerprint density at radius 2 is 1.67 bits per heavy atom. The fraction of sp³-hybridized carbons (Fsp3) is 1.00. The van der Waals surface area contributed by atoms with Gasteiger partial charge in [0.25, 0.3) is 0 Å². The summed E-state index contributed by atoms with van der Waals surface area (Å²) in [7, 11) is 2.25. The first kappa shape index (κ1) is 11.4. The summed E-state index contributed by atoms with van der Waals surface area (Å²) in [6.45, 7) is 5.97. The van der Waals surface area contributed by atoms with Gasteiger partial charge in [-0.15, -0.1) is 0 Å². The van der Waals surface area contributed by atoms with Crippen molar-refractivity contribution in [1.82, 2.24) is 10.2 Å². The monoisotopic (exact) mass is 210 g/mol. The zero-order valence-electron chi connectivity index (χ0n) is 10.5. The largest absolute Gasteiger partial charge is 0.310 e. The zero-order chi connectivity index (χ0) is 10.8. The fourth-order valence-corrected chi connectivity index (χ4v) is 3.07. The summed E-state index contributed by atoms with van der Waals surface area (Å²) in [5.41, 5.74) is 0. The number of nitrogens with one attached hydrogen (secondary N) is 1. The molecule has 0 bridgehead atoms. The Balaban J connectivity index is 1.73. The molecule has 1 saturated carbocycles. The van der Waals surface area contributed by atoms with Gasteiger partial charge < -0.3 is 10.2 Å². The molecule has 0 amide bonds. The van der Waals surface area contributed by atoms with Crippen LogP contribution in [0.1, 0.15) is 46.0 Å². The lowest BCUT2D eigenvalue weighted by Crippen LogP contribution is -2.41. The van der Waals surface area contributed by atoms with Crippen molar-refractivity contribution in [3.63, 3.8) is 0 Å². The van der Waals surface area contributed by atoms with E-state index in [2.05, 4.69) is 31.1 Å². The first-order valence-corrected chi connectivity index (χ1v) is 6.61. The molecule has 2 aliphatic rings. The molecule has 1 saturated heterocycles. The maximum absolute atomic E-state index is 3.86. The summed E-state index contributed by atoms with van der Waals surface area (Å²) in [5.74, 6) is 0.966. The summed E-state index contributed by atoms with van der Waals surface area (Å²) in [6.07, 6.45) is 6.99. The molecule has 0 spiro atoms. The molecule has 2 atom stereocenters. The number of rotatable bonds is 2. The highest BCUT2D eigenvalue weighted by Gasteiger charge is 2.28. The molecule has 0 aromatic heterocycles. The van der Waals surface area contributed by atoms with Gasteiger partial charge in [-0.2, -0.15) is 0 Å². The predicted octanol–water partition coefficient (Wildman–Crippen LogP) is 2.25. The molecule has 15 heavy (non-hydrogen) atoms. The third kappa shape index (κ3) is 2.94. The van der Waals surface area contributed by atoms with Crippen LogP contribution in [0.25, 0.3) is 0 Å². The van der Waals surface area contributed by atoms with Crippen LogP contribution in [0.15, 0.2) is 0 Å². The summed E-state index contributed by atoms with van der Waals surface area (Å²) < 4.78 is 0. The maximum atomic E-state index is 3.86. The van der Waals surface area contributed by atoms with Crippen LogP contribution in [-0.4, -0.2) is 36.6 Å². The Labute approximate surface area is 94.4 Å². The van der Waals surface area contributed by atoms with Gasteiger partial charge in [0, 0.05) is 24.7 Å². The minimum Gasteiger partial charge on any atom is -0.310 e. The van der Waals surface area contributed by atoms with Crippen molar-refractivity contribution >= 4 is 0 Å². The average molecular weight is 210 g/mol. The van der Waals surface area contributed by atoms with Gasteiger partial charge in [-0.25, -0.2) is 0 Å². The molecule has 0 aromatic rings. The minimum atomic E-state index is 0.753. The van der Waals surface area contributed by atoms with Crippen molar-refractivity contribution in [1.29, 1.82) is 0 Å². The van der Waals surface area contributed by atoms with E-state index in [4.69, 9.17) is 0 Å². The molecular formula is C13H26N2. The Kier molecular flexibility index (Phi) is 3.68. The maximum Gasteiger partial charge on any atom is 0.0212 e. The fourth-order valence-electron chi connectivity index (χ4n) is 3.07. The van der Waals surface area contributed by atoms with Crippen molar-refractivity contribution in [2.45, 2.75) is 64.1 Å². The molecule has 1 heterocycles. The number of hydrogen-bond donors (Lipinski definition) is 1. The predicted molar refractivity (Wildman–Crippen MR) is 65.1 cm³/mol. The van der Waals surface area contributed by atoms with E-state index in [9.17, 15) is 0 Å². The summed E-state index contributed by atoms with van der Waals surface area (Å²) >= 11 is 0. The molecule has 2 fully saturated rings. The van der Waals surface area contributed by atoms with Crippen LogP contribution < -0.4 is 5.32 Å². The van der Waals surface area contributed by atoms with Gasteiger partial charge in [0.1, 0.15) is 0 Å². The molecule has 1 aliphatic carbocycles. The second kappa shape index (κ2) is 4.84. The molecule has 1 aliphatic heterocycles. The topological polar surface area (TPSA) is 15.3 Å². The van der Waals surface area contributed by atoms with Crippen LogP contribution in [0.5, 0.6) is 0 Å². The number of likely N-dealkylation sites (N-methyl/N-ethyl adjacent to an activating group) is 1. The molecule has 2 heteroatoms. The number of likely N-dealkylation sites (tertiary alicyclic amines) is 1. The van der Waals surface area contributed by atoms with Crippen LogP contribution in [0.3, 0.4) is 0 Å². The molecule has 2 nitrogen and oxygen atoms in total. The molecule has 2 unspecified atom stereocenters. The van der Waals surface area contributed by atoms with Crippen molar-refractivity contribution in [3.8, 4) is 0 Å². The highest BCUT2D eigenvalue weighted by Crippen LogP contribution is 2.25. The highest BCUT2D eigenvalue weighted by molar-refractivity contribution is 4.88. The summed E-state index contributed by atoms with van der Waals surface area (Å²) in [5, 5.41) is 3.86. The molecule has 0 aromatic carbocycles. The first-order valence-electron chi connectivity index (χ1n) is 6.61. The van der Waals surface area contributed by atoms with E-state index in [0.717, 1.165) is 24.0 Å². The van der Waals surface area contributed by atoms with Crippen molar-refractivity contribution in [3.05, 3.63) is 0 Å². The average Bonchev–Trinajstić information content (AvgIpc) is 2.50. The van der Waals surface area contributed by atoms with Crippen LogP contribution >= 0.6 is 0 Å². The molecule has 2 rings (SSSR count). The van der Waals surface area contributed by atoms with Gasteiger partial charge in [-0.05, 0) is 52.0 Å². The van der Waals surface area contributed by atoms with Gasteiger partial charge in [-0.1, -0.05) is 6.92 Å². The van der Waals surface area contributed by atoms with Crippen LogP contribution in [-0.2, 0) is 0 Å². The van der Waals surface area contributed by atoms with Gasteiger partial charge in [-0.3, -0.25) is 0 Å². The van der Waals surface area contributed by atoms with Crippen molar-refractivity contribution in [2.24, 2.45) is 5.92 Å². The van der Waals surface area contributed by atoms with Gasteiger partial charge >= 0.3 is 0 Å². The van der Waals surface area contributed by atoms with Gasteiger partial charge in [0.15, 0.2) is 0 Å². The van der Waals surface area contributed by atoms with E-state index in [1.54, 1.807) is 0 Å². The zero-order valence-corrected chi connectivity index (χ0v) is 10.5. The van der Waals surface area contributed by atoms with E-state index in [1.807, 2.05) is 0 Å². The van der Waals surface area contributed by atoms with Crippen LogP contribution in [0, 0.1) is 5.92 Å². The van der Waals surface area contributed by atoms with Gasteiger partial charge in [0.2, 0.25) is 0 Å². The summed E-state index contributed by atoms with van der Waals surface area (Å²) in [6, 6.07) is 2.33. The standard InChI is InChI=1S/C13H26N2/c1-10-4-6-12(7-5-10)14-13-8-11(2)15(3)9-13/h10-14H,4-9H2,1-3H3. The Morgan fingerprint density at radius 1 is 1.00 bits per heavy atom. The van der Waals surface area contributed by atoms with E-state index in [1.165, 1.54) is 38.6 Å². The van der Waals surface area contributed by atoms with Crippen molar-refractivity contribution in [2.75, 3.05) is 13.6 Å². The smallest absolute Gasteiger partial charge is 0.0212 e. The van der Waals surface area contributed by atoms with E-state index in [-0.39, 0.29) is 0 Å². The highest BCUT2D eigenvalue weighted by atomic mass is 15.2. The lowest BCUT2D eigenvalue weighted by Gasteiger charge is -2.29. The van der Waals surface area contributed by atoms with Crippen LogP contribution in [0.4, 0.5) is 0 Å². The molecule has 0 radical (unpaired) electrons. The lowest BCUT2D eigenvalue weighted by molar-refractivity contribution is 0.282. The Hall–Kier alpha value is -0.0800.